The number of pyridine rings is 1. The third kappa shape index (κ3) is 2.69. The Bertz CT molecular complexity index is 350. The predicted molar refractivity (Wildman–Crippen MR) is 65.9 cm³/mol. The molecule has 1 aromatic heterocycles. The summed E-state index contributed by atoms with van der Waals surface area (Å²) in [6.45, 7) is 2.86. The molecule has 82 valence electrons. The molecule has 1 unspecified atom stereocenters. The first kappa shape index (κ1) is 10.9. The van der Waals surface area contributed by atoms with Crippen LogP contribution in [0.25, 0.3) is 0 Å². The van der Waals surface area contributed by atoms with Crippen LogP contribution in [0.15, 0.2) is 16.7 Å². The second-order valence-electron chi connectivity index (χ2n) is 4.17. The van der Waals surface area contributed by atoms with Crippen molar-refractivity contribution in [1.82, 2.24) is 4.98 Å². The van der Waals surface area contributed by atoms with Crippen molar-refractivity contribution >= 4 is 21.7 Å². The number of halogens is 1. The lowest BCUT2D eigenvalue weighted by atomic mass is 10.2. The van der Waals surface area contributed by atoms with Crippen molar-refractivity contribution in [2.45, 2.75) is 25.8 Å². The molecular formula is C11H16BrN3. The van der Waals surface area contributed by atoms with E-state index in [-0.39, 0.29) is 6.04 Å². The lowest BCUT2D eigenvalue weighted by Crippen LogP contribution is -2.31. The molecule has 4 heteroatoms. The smallest absolute Gasteiger partial charge is 0.140 e. The molecule has 1 aliphatic rings. The molecule has 1 aromatic rings. The summed E-state index contributed by atoms with van der Waals surface area (Å²) in [5.41, 5.74) is 7.20. The van der Waals surface area contributed by atoms with Crippen LogP contribution in [0.2, 0.25) is 0 Å². The Balaban J connectivity index is 1.95. The van der Waals surface area contributed by atoms with E-state index in [9.17, 15) is 0 Å². The molecule has 0 aromatic carbocycles. The van der Waals surface area contributed by atoms with Crippen LogP contribution in [0, 0.1) is 12.8 Å². The molecule has 0 spiro atoms. The molecule has 1 atom stereocenters. The fraction of sp³-hybridized carbons (Fsp3) is 0.545. The summed E-state index contributed by atoms with van der Waals surface area (Å²) in [6, 6.07) is 2.25. The van der Waals surface area contributed by atoms with Crippen LogP contribution in [0.4, 0.5) is 5.82 Å². The van der Waals surface area contributed by atoms with Gasteiger partial charge in [0.1, 0.15) is 5.82 Å². The Hall–Kier alpha value is -0.610. The molecule has 1 aliphatic carbocycles. The predicted octanol–water partition coefficient (Wildman–Crippen LogP) is 2.30. The first-order valence-electron chi connectivity index (χ1n) is 5.29. The van der Waals surface area contributed by atoms with E-state index >= 15 is 0 Å². The number of nitrogens with two attached hydrogens (primary N) is 1. The van der Waals surface area contributed by atoms with Crippen molar-refractivity contribution < 1.29 is 0 Å². The maximum Gasteiger partial charge on any atom is 0.140 e. The minimum absolute atomic E-state index is 0.263. The highest BCUT2D eigenvalue weighted by Gasteiger charge is 2.28. The summed E-state index contributed by atoms with van der Waals surface area (Å²) >= 11 is 3.52. The molecule has 3 N–H and O–H groups in total. The first-order valence-corrected chi connectivity index (χ1v) is 6.08. The van der Waals surface area contributed by atoms with Crippen molar-refractivity contribution in [3.8, 4) is 0 Å². The maximum atomic E-state index is 6.01. The fourth-order valence-corrected chi connectivity index (χ4v) is 1.94. The van der Waals surface area contributed by atoms with Crippen molar-refractivity contribution in [3.63, 3.8) is 0 Å². The van der Waals surface area contributed by atoms with Crippen LogP contribution in [-0.2, 0) is 0 Å². The topological polar surface area (TPSA) is 50.9 Å². The summed E-state index contributed by atoms with van der Waals surface area (Å²) in [4.78, 5) is 4.28. The van der Waals surface area contributed by atoms with Crippen molar-refractivity contribution in [3.05, 3.63) is 22.3 Å². The van der Waals surface area contributed by atoms with Crippen LogP contribution in [-0.4, -0.2) is 17.6 Å². The average Bonchev–Trinajstić information content (AvgIpc) is 3.03. The molecule has 0 aliphatic heterocycles. The van der Waals surface area contributed by atoms with E-state index in [0.717, 1.165) is 22.8 Å². The number of nitrogens with zero attached hydrogens (tertiary/aromatic N) is 1. The quantitative estimate of drug-likeness (QED) is 0.882. The molecule has 15 heavy (non-hydrogen) atoms. The van der Waals surface area contributed by atoms with Gasteiger partial charge in [0.25, 0.3) is 0 Å². The van der Waals surface area contributed by atoms with E-state index in [1.807, 2.05) is 12.3 Å². The third-order valence-electron chi connectivity index (χ3n) is 2.82. The standard InChI is InChI=1S/C11H16BrN3/c1-7-4-5-14-11(10(7)12)15-6-9(13)8-2-3-8/h4-5,8-9H,2-3,6,13H2,1H3,(H,14,15). The number of hydrogen-bond donors (Lipinski definition) is 2. The van der Waals surface area contributed by atoms with E-state index in [0.29, 0.717) is 0 Å². The molecular weight excluding hydrogens is 254 g/mol. The second-order valence-corrected chi connectivity index (χ2v) is 4.97. The SMILES string of the molecule is Cc1ccnc(NCC(N)C2CC2)c1Br. The Kier molecular flexibility index (Phi) is 3.26. The van der Waals surface area contributed by atoms with Crippen LogP contribution >= 0.6 is 15.9 Å². The number of nitrogens with one attached hydrogen (secondary N) is 1. The summed E-state index contributed by atoms with van der Waals surface area (Å²) in [5.74, 6) is 1.62. The highest BCUT2D eigenvalue weighted by atomic mass is 79.9. The summed E-state index contributed by atoms with van der Waals surface area (Å²) in [7, 11) is 0. The van der Waals surface area contributed by atoms with Gasteiger partial charge in [0.15, 0.2) is 0 Å². The summed E-state index contributed by atoms with van der Waals surface area (Å²) < 4.78 is 1.04. The molecule has 0 bridgehead atoms. The number of rotatable bonds is 4. The van der Waals surface area contributed by atoms with Gasteiger partial charge in [-0.15, -0.1) is 0 Å². The number of aryl methyl sites for hydroxylation is 1. The number of anilines is 1. The monoisotopic (exact) mass is 269 g/mol. The largest absolute Gasteiger partial charge is 0.368 e. The lowest BCUT2D eigenvalue weighted by Gasteiger charge is -2.13. The third-order valence-corrected chi connectivity index (χ3v) is 3.82. The van der Waals surface area contributed by atoms with Crippen molar-refractivity contribution in [1.29, 1.82) is 0 Å². The van der Waals surface area contributed by atoms with Crippen molar-refractivity contribution in [2.75, 3.05) is 11.9 Å². The maximum absolute atomic E-state index is 6.01. The Morgan fingerprint density at radius 2 is 2.40 bits per heavy atom. The molecule has 3 nitrogen and oxygen atoms in total. The second kappa shape index (κ2) is 4.49. The van der Waals surface area contributed by atoms with Crippen LogP contribution in [0.1, 0.15) is 18.4 Å². The van der Waals surface area contributed by atoms with Crippen LogP contribution in [0.5, 0.6) is 0 Å². The van der Waals surface area contributed by atoms with Crippen LogP contribution in [0.3, 0.4) is 0 Å². The molecule has 2 rings (SSSR count). The molecule has 0 saturated heterocycles. The Morgan fingerprint density at radius 1 is 1.67 bits per heavy atom. The molecule has 1 saturated carbocycles. The zero-order valence-corrected chi connectivity index (χ0v) is 10.4. The van der Waals surface area contributed by atoms with Gasteiger partial charge in [-0.05, 0) is 53.2 Å². The highest BCUT2D eigenvalue weighted by Crippen LogP contribution is 2.32. The van der Waals surface area contributed by atoms with Crippen molar-refractivity contribution in [2.24, 2.45) is 11.7 Å². The molecule has 0 amide bonds. The van der Waals surface area contributed by atoms with Gasteiger partial charge in [-0.2, -0.15) is 0 Å². The molecule has 1 heterocycles. The van der Waals surface area contributed by atoms with E-state index in [4.69, 9.17) is 5.73 Å². The lowest BCUT2D eigenvalue weighted by molar-refractivity contribution is 0.620. The first-order chi connectivity index (χ1) is 7.18. The van der Waals surface area contributed by atoms with Crippen LogP contribution < -0.4 is 11.1 Å². The molecule has 0 radical (unpaired) electrons. The fourth-order valence-electron chi connectivity index (χ4n) is 1.57. The van der Waals surface area contributed by atoms with Gasteiger partial charge in [-0.25, -0.2) is 4.98 Å². The Labute approximate surface area is 98.6 Å². The van der Waals surface area contributed by atoms with Gasteiger partial charge in [0.2, 0.25) is 0 Å². The van der Waals surface area contributed by atoms with Gasteiger partial charge >= 0.3 is 0 Å². The van der Waals surface area contributed by atoms with E-state index in [1.165, 1.54) is 18.4 Å². The number of hydrogen-bond acceptors (Lipinski definition) is 3. The minimum Gasteiger partial charge on any atom is -0.368 e. The van der Waals surface area contributed by atoms with Gasteiger partial charge < -0.3 is 11.1 Å². The summed E-state index contributed by atoms with van der Waals surface area (Å²) in [6.07, 6.45) is 4.38. The zero-order valence-electron chi connectivity index (χ0n) is 8.83. The molecule has 1 fully saturated rings. The average molecular weight is 270 g/mol. The van der Waals surface area contributed by atoms with Gasteiger partial charge in [-0.3, -0.25) is 0 Å². The summed E-state index contributed by atoms with van der Waals surface area (Å²) in [5, 5.41) is 3.29. The van der Waals surface area contributed by atoms with E-state index in [1.54, 1.807) is 0 Å². The minimum atomic E-state index is 0.263. The van der Waals surface area contributed by atoms with E-state index < -0.39 is 0 Å². The number of aromatic nitrogens is 1. The Morgan fingerprint density at radius 3 is 3.07 bits per heavy atom. The van der Waals surface area contributed by atoms with Gasteiger partial charge in [-0.1, -0.05) is 0 Å². The van der Waals surface area contributed by atoms with Gasteiger partial charge in [0.05, 0.1) is 4.47 Å². The van der Waals surface area contributed by atoms with E-state index in [2.05, 4.69) is 33.2 Å². The normalized spacial score (nSPS) is 17.5. The highest BCUT2D eigenvalue weighted by molar-refractivity contribution is 9.10. The van der Waals surface area contributed by atoms with Gasteiger partial charge in [0, 0.05) is 18.8 Å². The zero-order chi connectivity index (χ0) is 10.8.